The smallest absolute Gasteiger partial charge is 0.262 e. The highest BCUT2D eigenvalue weighted by molar-refractivity contribution is 6.32. The molecule has 1 N–H and O–H groups in total. The number of halogens is 1. The summed E-state index contributed by atoms with van der Waals surface area (Å²) in [5, 5.41) is 3.70. The molecule has 6 nitrogen and oxygen atoms in total. The minimum Gasteiger partial charge on any atom is -0.495 e. The summed E-state index contributed by atoms with van der Waals surface area (Å²) < 4.78 is 16.7. The van der Waals surface area contributed by atoms with Gasteiger partial charge in [-0.3, -0.25) is 9.59 Å². The molecule has 1 aromatic heterocycles. The number of ether oxygens (including phenoxy) is 2. The van der Waals surface area contributed by atoms with E-state index in [2.05, 4.69) is 5.32 Å². The summed E-state index contributed by atoms with van der Waals surface area (Å²) in [7, 11) is 1.50. The number of para-hydroxylation sites is 1. The van der Waals surface area contributed by atoms with Gasteiger partial charge in [0.05, 0.1) is 17.8 Å². The molecule has 168 valence electrons. The lowest BCUT2D eigenvalue weighted by atomic mass is 10.1. The second-order valence-corrected chi connectivity index (χ2v) is 7.92. The van der Waals surface area contributed by atoms with Crippen molar-refractivity contribution in [2.45, 2.75) is 13.8 Å². The molecule has 4 aromatic rings. The van der Waals surface area contributed by atoms with Crippen molar-refractivity contribution < 1.29 is 23.5 Å². The summed E-state index contributed by atoms with van der Waals surface area (Å²) in [5.41, 5.74) is 3.11. The minimum atomic E-state index is -0.415. The van der Waals surface area contributed by atoms with E-state index in [0.29, 0.717) is 33.1 Å². The van der Waals surface area contributed by atoms with Crippen LogP contribution in [0.15, 0.2) is 65.1 Å². The van der Waals surface area contributed by atoms with Crippen LogP contribution >= 0.6 is 11.6 Å². The van der Waals surface area contributed by atoms with E-state index in [-0.39, 0.29) is 18.1 Å². The molecule has 0 saturated carbocycles. The van der Waals surface area contributed by atoms with Crippen LogP contribution in [0.3, 0.4) is 0 Å². The van der Waals surface area contributed by atoms with Crippen LogP contribution in [-0.4, -0.2) is 25.4 Å². The number of anilines is 1. The minimum absolute atomic E-state index is 0.0116. The lowest BCUT2D eigenvalue weighted by Gasteiger charge is -2.11. The van der Waals surface area contributed by atoms with Crippen LogP contribution in [0, 0.1) is 13.8 Å². The number of benzene rings is 3. The van der Waals surface area contributed by atoms with Gasteiger partial charge < -0.3 is 19.2 Å². The van der Waals surface area contributed by atoms with Crippen LogP contribution in [-0.2, 0) is 4.79 Å². The number of furan rings is 1. The van der Waals surface area contributed by atoms with Crippen LogP contribution in [0.2, 0.25) is 5.02 Å². The van der Waals surface area contributed by atoms with Gasteiger partial charge in [0.25, 0.3) is 5.91 Å². The van der Waals surface area contributed by atoms with Crippen LogP contribution in [0.1, 0.15) is 27.2 Å². The molecule has 0 fully saturated rings. The first-order valence-corrected chi connectivity index (χ1v) is 10.7. The molecule has 0 spiro atoms. The Kier molecular flexibility index (Phi) is 6.38. The molecule has 3 aromatic carbocycles. The second-order valence-electron chi connectivity index (χ2n) is 7.52. The van der Waals surface area contributed by atoms with Crippen LogP contribution in [0.4, 0.5) is 5.69 Å². The quantitative estimate of drug-likeness (QED) is 0.342. The van der Waals surface area contributed by atoms with Gasteiger partial charge in [0, 0.05) is 10.9 Å². The highest BCUT2D eigenvalue weighted by Gasteiger charge is 2.24. The van der Waals surface area contributed by atoms with E-state index in [1.165, 1.54) is 13.2 Å². The number of nitrogens with one attached hydrogen (secondary N) is 1. The van der Waals surface area contributed by atoms with E-state index >= 15 is 0 Å². The highest BCUT2D eigenvalue weighted by Crippen LogP contribution is 2.34. The molecular weight excluding hydrogens is 442 g/mol. The Morgan fingerprint density at radius 2 is 1.79 bits per heavy atom. The topological polar surface area (TPSA) is 77.8 Å². The lowest BCUT2D eigenvalue weighted by Crippen LogP contribution is -2.21. The molecule has 1 amide bonds. The van der Waals surface area contributed by atoms with Crippen LogP contribution < -0.4 is 14.8 Å². The van der Waals surface area contributed by atoms with Gasteiger partial charge in [-0.1, -0.05) is 35.9 Å². The molecule has 0 aliphatic heterocycles. The van der Waals surface area contributed by atoms with Gasteiger partial charge in [0.2, 0.25) is 5.78 Å². The number of carbonyl (C=O) groups is 2. The molecule has 0 saturated heterocycles. The fourth-order valence-corrected chi connectivity index (χ4v) is 3.73. The third-order valence-electron chi connectivity index (χ3n) is 5.39. The summed E-state index contributed by atoms with van der Waals surface area (Å²) in [6.45, 7) is 3.69. The fourth-order valence-electron chi connectivity index (χ4n) is 3.47. The summed E-state index contributed by atoms with van der Waals surface area (Å²) in [4.78, 5) is 26.0. The number of rotatable bonds is 7. The van der Waals surface area contributed by atoms with Crippen molar-refractivity contribution in [3.63, 3.8) is 0 Å². The van der Waals surface area contributed by atoms with Gasteiger partial charge in [0.15, 0.2) is 12.4 Å². The second kappa shape index (κ2) is 9.38. The van der Waals surface area contributed by atoms with E-state index in [1.807, 2.05) is 32.0 Å². The normalized spacial score (nSPS) is 10.8. The molecule has 0 bridgehead atoms. The maximum Gasteiger partial charge on any atom is 0.262 e. The van der Waals surface area contributed by atoms with E-state index in [0.717, 1.165) is 11.1 Å². The van der Waals surface area contributed by atoms with Crippen LogP contribution in [0.25, 0.3) is 11.0 Å². The monoisotopic (exact) mass is 463 g/mol. The molecule has 4 rings (SSSR count). The van der Waals surface area contributed by atoms with Crippen molar-refractivity contribution >= 4 is 39.9 Å². The Hall–Kier alpha value is -3.77. The van der Waals surface area contributed by atoms with Crippen molar-refractivity contribution in [1.29, 1.82) is 0 Å². The predicted octanol–water partition coefficient (Wildman–Crippen LogP) is 5.96. The molecule has 0 unspecified atom stereocenters. The fraction of sp³-hybridized carbons (Fsp3) is 0.154. The molecule has 0 atom stereocenters. The standard InChI is InChI=1S/C26H22ClNO5/c1-15-7-6-10-20(16(15)2)32-14-23(29)28-24-18-8-4-5-9-21(18)33-26(24)25(30)17-11-12-22(31-3)19(27)13-17/h4-13H,14H2,1-3H3,(H,28,29). The predicted molar refractivity (Wildman–Crippen MR) is 128 cm³/mol. The third kappa shape index (κ3) is 4.56. The zero-order valence-corrected chi connectivity index (χ0v) is 19.2. The molecule has 1 heterocycles. The van der Waals surface area contributed by atoms with Gasteiger partial charge >= 0.3 is 0 Å². The van der Waals surface area contributed by atoms with Crippen molar-refractivity contribution in [3.05, 3.63) is 88.1 Å². The first-order valence-electron chi connectivity index (χ1n) is 10.3. The number of ketones is 1. The molecule has 0 aliphatic rings. The molecular formula is C26H22ClNO5. The van der Waals surface area contributed by atoms with Gasteiger partial charge in [-0.15, -0.1) is 0 Å². The zero-order chi connectivity index (χ0) is 23.5. The molecule has 7 heteroatoms. The Labute approximate surface area is 196 Å². The first kappa shape index (κ1) is 22.4. The lowest BCUT2D eigenvalue weighted by molar-refractivity contribution is -0.118. The Morgan fingerprint density at radius 3 is 2.55 bits per heavy atom. The van der Waals surface area contributed by atoms with Gasteiger partial charge in [-0.2, -0.15) is 0 Å². The number of amides is 1. The molecule has 0 radical (unpaired) electrons. The maximum atomic E-state index is 13.3. The van der Waals surface area contributed by atoms with E-state index in [9.17, 15) is 9.59 Å². The Morgan fingerprint density at radius 1 is 1.00 bits per heavy atom. The van der Waals surface area contributed by atoms with Crippen molar-refractivity contribution in [3.8, 4) is 11.5 Å². The molecule has 33 heavy (non-hydrogen) atoms. The summed E-state index contributed by atoms with van der Waals surface area (Å²) >= 11 is 6.19. The number of aryl methyl sites for hydroxylation is 1. The average molecular weight is 464 g/mol. The van der Waals surface area contributed by atoms with Crippen LogP contribution in [0.5, 0.6) is 11.5 Å². The van der Waals surface area contributed by atoms with Gasteiger partial charge in [-0.25, -0.2) is 0 Å². The highest BCUT2D eigenvalue weighted by atomic mass is 35.5. The third-order valence-corrected chi connectivity index (χ3v) is 5.69. The first-order chi connectivity index (χ1) is 15.9. The number of hydrogen-bond donors (Lipinski definition) is 1. The number of carbonyl (C=O) groups excluding carboxylic acids is 2. The average Bonchev–Trinajstić information content (AvgIpc) is 3.17. The van der Waals surface area contributed by atoms with Gasteiger partial charge in [0.1, 0.15) is 17.1 Å². The Bertz CT molecular complexity index is 1360. The number of methoxy groups -OCH3 is 1. The van der Waals surface area contributed by atoms with E-state index < -0.39 is 11.7 Å². The SMILES string of the molecule is COc1ccc(C(=O)c2oc3ccccc3c2NC(=O)COc2cccc(C)c2C)cc1Cl. The zero-order valence-electron chi connectivity index (χ0n) is 18.4. The van der Waals surface area contributed by atoms with Gasteiger partial charge in [-0.05, 0) is 61.4 Å². The number of hydrogen-bond acceptors (Lipinski definition) is 5. The maximum absolute atomic E-state index is 13.3. The summed E-state index contributed by atoms with van der Waals surface area (Å²) in [5.74, 6) is 0.268. The van der Waals surface area contributed by atoms with Crippen molar-refractivity contribution in [2.75, 3.05) is 19.0 Å². The Balaban J connectivity index is 1.62. The largest absolute Gasteiger partial charge is 0.495 e. The summed E-state index contributed by atoms with van der Waals surface area (Å²) in [6.07, 6.45) is 0. The molecule has 0 aliphatic carbocycles. The number of fused-ring (bicyclic) bond motifs is 1. The van der Waals surface area contributed by atoms with Crippen molar-refractivity contribution in [2.24, 2.45) is 0 Å². The van der Waals surface area contributed by atoms with E-state index in [1.54, 1.807) is 36.4 Å². The summed E-state index contributed by atoms with van der Waals surface area (Å²) in [6, 6.07) is 17.5. The van der Waals surface area contributed by atoms with E-state index in [4.69, 9.17) is 25.5 Å². The van der Waals surface area contributed by atoms with Crippen molar-refractivity contribution in [1.82, 2.24) is 0 Å².